The van der Waals surface area contributed by atoms with E-state index in [2.05, 4.69) is 17.0 Å². The van der Waals surface area contributed by atoms with Crippen LogP contribution in [0.4, 0.5) is 0 Å². The summed E-state index contributed by atoms with van der Waals surface area (Å²) in [5.74, 6) is 0. The summed E-state index contributed by atoms with van der Waals surface area (Å²) < 4.78 is 7.10. The molecule has 2 aromatic rings. The van der Waals surface area contributed by atoms with Gasteiger partial charge < -0.3 is 4.74 Å². The Morgan fingerprint density at radius 1 is 1.56 bits per heavy atom. The molecule has 0 aromatic carbocycles. The predicted molar refractivity (Wildman–Crippen MR) is 60.7 cm³/mol. The zero-order chi connectivity index (χ0) is 11.1. The predicted octanol–water partition coefficient (Wildman–Crippen LogP) is 2.02. The van der Waals surface area contributed by atoms with Crippen molar-refractivity contribution in [3.8, 4) is 0 Å². The van der Waals surface area contributed by atoms with Gasteiger partial charge in [0, 0.05) is 18.1 Å². The highest BCUT2D eigenvalue weighted by atomic mass is 35.5. The summed E-state index contributed by atoms with van der Waals surface area (Å²) in [6.07, 6.45) is 1.72. The largest absolute Gasteiger partial charge is 0.376 e. The minimum atomic E-state index is 0.540. The molecule has 0 aliphatic carbocycles. The van der Waals surface area contributed by atoms with Gasteiger partial charge in [0.25, 0.3) is 0 Å². The van der Waals surface area contributed by atoms with E-state index in [0.29, 0.717) is 11.8 Å². The fourth-order valence-corrected chi connectivity index (χ4v) is 2.25. The molecule has 5 heteroatoms. The van der Waals surface area contributed by atoms with Crippen molar-refractivity contribution in [3.63, 3.8) is 0 Å². The standard InChI is InChI=1S/C11H12ClN3O/c1-2-7-5-10-13-9-3-4-16-6-8(9)11(12)15(10)14-7/h5H,2-4,6H2,1H3. The first-order valence-electron chi connectivity index (χ1n) is 5.43. The summed E-state index contributed by atoms with van der Waals surface area (Å²) in [6, 6.07) is 1.99. The molecule has 0 fully saturated rings. The fraction of sp³-hybridized carbons (Fsp3) is 0.455. The SMILES string of the molecule is CCc1cc2nc3c(c(Cl)n2n1)COCC3. The minimum absolute atomic E-state index is 0.540. The van der Waals surface area contributed by atoms with Crippen molar-refractivity contribution in [3.05, 3.63) is 28.2 Å². The summed E-state index contributed by atoms with van der Waals surface area (Å²) in [5.41, 5.74) is 3.87. The van der Waals surface area contributed by atoms with Gasteiger partial charge in [0.2, 0.25) is 0 Å². The fourth-order valence-electron chi connectivity index (χ4n) is 1.96. The van der Waals surface area contributed by atoms with E-state index in [1.54, 1.807) is 4.52 Å². The van der Waals surface area contributed by atoms with Crippen molar-refractivity contribution in [2.24, 2.45) is 0 Å². The third kappa shape index (κ3) is 1.41. The number of aryl methyl sites for hydroxylation is 1. The average molecular weight is 238 g/mol. The van der Waals surface area contributed by atoms with Crippen LogP contribution in [0.25, 0.3) is 5.65 Å². The second-order valence-corrected chi connectivity index (χ2v) is 4.25. The van der Waals surface area contributed by atoms with E-state index in [4.69, 9.17) is 16.3 Å². The molecule has 1 aliphatic rings. The number of hydrogen-bond acceptors (Lipinski definition) is 3. The first-order valence-corrected chi connectivity index (χ1v) is 5.81. The lowest BCUT2D eigenvalue weighted by atomic mass is 10.1. The Morgan fingerprint density at radius 2 is 2.44 bits per heavy atom. The summed E-state index contributed by atoms with van der Waals surface area (Å²) in [6.45, 7) is 3.33. The quantitative estimate of drug-likeness (QED) is 0.713. The van der Waals surface area contributed by atoms with E-state index >= 15 is 0 Å². The van der Waals surface area contributed by atoms with Crippen LogP contribution in [0.2, 0.25) is 5.15 Å². The molecule has 2 aromatic heterocycles. The molecule has 4 nitrogen and oxygen atoms in total. The minimum Gasteiger partial charge on any atom is -0.376 e. The van der Waals surface area contributed by atoms with Crippen molar-refractivity contribution in [1.82, 2.24) is 14.6 Å². The zero-order valence-electron chi connectivity index (χ0n) is 9.03. The summed E-state index contributed by atoms with van der Waals surface area (Å²) >= 11 is 6.31. The third-order valence-electron chi connectivity index (χ3n) is 2.87. The Morgan fingerprint density at radius 3 is 3.25 bits per heavy atom. The Labute approximate surface area is 98.2 Å². The van der Waals surface area contributed by atoms with Crippen molar-refractivity contribution < 1.29 is 4.74 Å². The number of hydrogen-bond donors (Lipinski definition) is 0. The van der Waals surface area contributed by atoms with Gasteiger partial charge >= 0.3 is 0 Å². The van der Waals surface area contributed by atoms with Crippen LogP contribution < -0.4 is 0 Å². The Hall–Kier alpha value is -1.13. The van der Waals surface area contributed by atoms with Gasteiger partial charge in [-0.1, -0.05) is 18.5 Å². The molecule has 0 radical (unpaired) electrons. The van der Waals surface area contributed by atoms with Gasteiger partial charge in [-0.15, -0.1) is 0 Å². The molecular weight excluding hydrogens is 226 g/mol. The molecule has 0 unspecified atom stereocenters. The van der Waals surface area contributed by atoms with Crippen LogP contribution in [0, 0.1) is 0 Å². The Balaban J connectivity index is 2.28. The van der Waals surface area contributed by atoms with Crippen LogP contribution in [0.3, 0.4) is 0 Å². The van der Waals surface area contributed by atoms with Crippen molar-refractivity contribution in [2.45, 2.75) is 26.4 Å². The van der Waals surface area contributed by atoms with Gasteiger partial charge in [0.15, 0.2) is 5.65 Å². The van der Waals surface area contributed by atoms with E-state index in [1.807, 2.05) is 6.07 Å². The topological polar surface area (TPSA) is 39.4 Å². The maximum absolute atomic E-state index is 6.31. The zero-order valence-corrected chi connectivity index (χ0v) is 9.79. The third-order valence-corrected chi connectivity index (χ3v) is 3.25. The number of fused-ring (bicyclic) bond motifs is 2. The van der Waals surface area contributed by atoms with Crippen LogP contribution in [0.15, 0.2) is 6.07 Å². The van der Waals surface area contributed by atoms with E-state index in [0.717, 1.165) is 42.0 Å². The summed E-state index contributed by atoms with van der Waals surface area (Å²) in [5, 5.41) is 5.04. The molecule has 0 bridgehead atoms. The summed E-state index contributed by atoms with van der Waals surface area (Å²) in [4.78, 5) is 4.58. The second-order valence-electron chi connectivity index (χ2n) is 3.89. The van der Waals surface area contributed by atoms with Crippen molar-refractivity contribution in [1.29, 1.82) is 0 Å². The molecule has 0 saturated carbocycles. The molecule has 0 saturated heterocycles. The Bertz CT molecular complexity index is 550. The highest BCUT2D eigenvalue weighted by Gasteiger charge is 2.18. The van der Waals surface area contributed by atoms with E-state index in [1.165, 1.54) is 0 Å². The van der Waals surface area contributed by atoms with Crippen LogP contribution in [0.5, 0.6) is 0 Å². The summed E-state index contributed by atoms with van der Waals surface area (Å²) in [7, 11) is 0. The highest BCUT2D eigenvalue weighted by molar-refractivity contribution is 6.30. The molecule has 3 heterocycles. The molecule has 0 amide bonds. The normalized spacial score (nSPS) is 15.4. The van der Waals surface area contributed by atoms with E-state index in [-0.39, 0.29) is 0 Å². The number of ether oxygens (including phenoxy) is 1. The number of nitrogens with zero attached hydrogens (tertiary/aromatic N) is 3. The first-order chi connectivity index (χ1) is 7.79. The van der Waals surface area contributed by atoms with Gasteiger partial charge in [-0.05, 0) is 6.42 Å². The number of halogens is 1. The molecular formula is C11H12ClN3O. The van der Waals surface area contributed by atoms with Crippen LogP contribution >= 0.6 is 11.6 Å². The molecule has 84 valence electrons. The number of rotatable bonds is 1. The van der Waals surface area contributed by atoms with E-state index < -0.39 is 0 Å². The van der Waals surface area contributed by atoms with Gasteiger partial charge in [-0.3, -0.25) is 0 Å². The second kappa shape index (κ2) is 3.71. The van der Waals surface area contributed by atoms with Crippen LogP contribution in [-0.4, -0.2) is 21.2 Å². The van der Waals surface area contributed by atoms with Gasteiger partial charge in [-0.2, -0.15) is 5.10 Å². The number of aromatic nitrogens is 3. The van der Waals surface area contributed by atoms with Gasteiger partial charge in [-0.25, -0.2) is 9.50 Å². The maximum atomic E-state index is 6.31. The van der Waals surface area contributed by atoms with Gasteiger partial charge in [0.05, 0.1) is 24.6 Å². The maximum Gasteiger partial charge on any atom is 0.157 e. The molecule has 0 N–H and O–H groups in total. The van der Waals surface area contributed by atoms with Crippen LogP contribution in [0.1, 0.15) is 23.9 Å². The van der Waals surface area contributed by atoms with Crippen molar-refractivity contribution in [2.75, 3.05) is 6.61 Å². The van der Waals surface area contributed by atoms with Crippen molar-refractivity contribution >= 4 is 17.2 Å². The molecule has 1 aliphatic heterocycles. The smallest absolute Gasteiger partial charge is 0.157 e. The highest BCUT2D eigenvalue weighted by Crippen LogP contribution is 2.25. The van der Waals surface area contributed by atoms with E-state index in [9.17, 15) is 0 Å². The molecule has 3 rings (SSSR count). The molecule has 0 spiro atoms. The average Bonchev–Trinajstić information content (AvgIpc) is 2.73. The molecule has 0 atom stereocenters. The monoisotopic (exact) mass is 237 g/mol. The lowest BCUT2D eigenvalue weighted by Crippen LogP contribution is -2.14. The lowest BCUT2D eigenvalue weighted by Gasteiger charge is -2.16. The molecule has 16 heavy (non-hydrogen) atoms. The first kappa shape index (κ1) is 10.1. The Kier molecular flexibility index (Phi) is 2.33. The van der Waals surface area contributed by atoms with Crippen LogP contribution in [-0.2, 0) is 24.2 Å². The lowest BCUT2D eigenvalue weighted by molar-refractivity contribution is 0.109. The van der Waals surface area contributed by atoms with Gasteiger partial charge in [0.1, 0.15) is 5.15 Å².